The van der Waals surface area contributed by atoms with Crippen molar-refractivity contribution in [2.24, 2.45) is 0 Å². The molecule has 0 aliphatic heterocycles. The molecule has 47 valence electrons. The lowest BCUT2D eigenvalue weighted by molar-refractivity contribution is -0.120. The summed E-state index contributed by atoms with van der Waals surface area (Å²) in [6.45, 7) is 0.625. The van der Waals surface area contributed by atoms with Crippen LogP contribution in [0.15, 0.2) is 0 Å². The Hall–Kier alpha value is -0.570. The van der Waals surface area contributed by atoms with E-state index in [1.165, 1.54) is 0 Å². The van der Waals surface area contributed by atoms with Crippen molar-refractivity contribution < 1.29 is 4.79 Å². The van der Waals surface area contributed by atoms with Crippen molar-refractivity contribution in [3.8, 4) is 0 Å². The monoisotopic (exact) mass is 115 g/mol. The van der Waals surface area contributed by atoms with Crippen molar-refractivity contribution in [2.75, 3.05) is 20.6 Å². The summed E-state index contributed by atoms with van der Waals surface area (Å²) >= 11 is 0. The molecule has 0 aliphatic carbocycles. The summed E-state index contributed by atoms with van der Waals surface area (Å²) in [5.41, 5.74) is 0. The van der Waals surface area contributed by atoms with Crippen molar-refractivity contribution in [1.82, 2.24) is 10.6 Å². The molecule has 0 spiro atoms. The second-order valence-corrected chi connectivity index (χ2v) is 1.46. The lowest BCUT2D eigenvalue weighted by atomic mass is 10.4. The van der Waals surface area contributed by atoms with E-state index in [1.807, 2.05) is 0 Å². The van der Waals surface area contributed by atoms with Crippen LogP contribution in [-0.4, -0.2) is 26.5 Å². The molecule has 0 aromatic rings. The fourth-order valence-corrected chi connectivity index (χ4v) is 0.338. The topological polar surface area (TPSA) is 43.2 Å². The number of hydrogen-bond acceptors (Lipinski definition) is 1. The molecule has 0 aromatic carbocycles. The summed E-state index contributed by atoms with van der Waals surface area (Å²) in [5, 5.41) is 6.26. The van der Waals surface area contributed by atoms with Gasteiger partial charge in [0, 0.05) is 27.1 Å². The summed E-state index contributed by atoms with van der Waals surface area (Å²) in [6.07, 6.45) is 0.507. The van der Waals surface area contributed by atoms with Gasteiger partial charge in [0.25, 0.3) is 0 Å². The van der Waals surface area contributed by atoms with Crippen LogP contribution in [0.2, 0.25) is 0 Å². The predicted molar refractivity (Wildman–Crippen MR) is 31.6 cm³/mol. The molecule has 0 saturated carbocycles. The maximum atomic E-state index is 10.4. The molecule has 3 heteroatoms. The molecule has 0 bridgehead atoms. The molecule has 0 heterocycles. The molecule has 1 N–H and O–H groups in total. The van der Waals surface area contributed by atoms with Gasteiger partial charge in [0.15, 0.2) is 0 Å². The number of nitrogens with one attached hydrogen (secondary N) is 1. The highest BCUT2D eigenvalue weighted by molar-refractivity contribution is 5.75. The van der Waals surface area contributed by atoms with Gasteiger partial charge in [0.2, 0.25) is 5.91 Å². The summed E-state index contributed by atoms with van der Waals surface area (Å²) in [4.78, 5) is 10.4. The molecule has 0 unspecified atom stereocenters. The van der Waals surface area contributed by atoms with Gasteiger partial charge in [-0.25, -0.2) is 5.32 Å². The zero-order valence-electron chi connectivity index (χ0n) is 5.27. The van der Waals surface area contributed by atoms with Crippen LogP contribution in [0, 0.1) is 0 Å². The molecule has 0 atom stereocenters. The first-order valence-corrected chi connectivity index (χ1v) is 2.57. The van der Waals surface area contributed by atoms with Gasteiger partial charge < -0.3 is 5.32 Å². The fraction of sp³-hybridized carbons (Fsp3) is 0.800. The molecule has 0 aliphatic rings. The van der Waals surface area contributed by atoms with Gasteiger partial charge in [0.1, 0.15) is 0 Å². The smallest absolute Gasteiger partial charge is 0.221 e. The van der Waals surface area contributed by atoms with Crippen molar-refractivity contribution in [2.45, 2.75) is 6.42 Å². The second-order valence-electron chi connectivity index (χ2n) is 1.46. The van der Waals surface area contributed by atoms with Gasteiger partial charge in [-0.05, 0) is 0 Å². The van der Waals surface area contributed by atoms with Gasteiger partial charge in [-0.3, -0.25) is 4.79 Å². The molecule has 8 heavy (non-hydrogen) atoms. The van der Waals surface area contributed by atoms with E-state index in [-0.39, 0.29) is 5.91 Å². The largest absolute Gasteiger partial charge is 0.359 e. The number of rotatable bonds is 3. The SMILES string of the molecule is C[N]CCC(=O)NC. The van der Waals surface area contributed by atoms with Crippen LogP contribution < -0.4 is 10.6 Å². The number of nitrogens with zero attached hydrogens (tertiary/aromatic N) is 1. The normalized spacial score (nSPS) is 8.75. The first-order chi connectivity index (χ1) is 3.81. The summed E-state index contributed by atoms with van der Waals surface area (Å²) in [7, 11) is 3.32. The first kappa shape index (κ1) is 7.43. The summed E-state index contributed by atoms with van der Waals surface area (Å²) < 4.78 is 0. The molecular formula is C5H11N2O. The summed E-state index contributed by atoms with van der Waals surface area (Å²) in [5.74, 6) is 0.0515. The number of amides is 1. The maximum Gasteiger partial charge on any atom is 0.221 e. The fourth-order valence-electron chi connectivity index (χ4n) is 0.338. The predicted octanol–water partition coefficient (Wildman–Crippen LogP) is -0.643. The van der Waals surface area contributed by atoms with Crippen molar-refractivity contribution in [1.29, 1.82) is 0 Å². The molecular weight excluding hydrogens is 104 g/mol. The Morgan fingerprint density at radius 2 is 2.38 bits per heavy atom. The quantitative estimate of drug-likeness (QED) is 0.522. The molecule has 0 rings (SSSR count). The van der Waals surface area contributed by atoms with Crippen molar-refractivity contribution in [3.05, 3.63) is 0 Å². The van der Waals surface area contributed by atoms with E-state index in [1.54, 1.807) is 14.1 Å². The van der Waals surface area contributed by atoms with Gasteiger partial charge in [-0.15, -0.1) is 0 Å². The highest BCUT2D eigenvalue weighted by Gasteiger charge is 1.92. The minimum absolute atomic E-state index is 0.0515. The minimum Gasteiger partial charge on any atom is -0.359 e. The van der Waals surface area contributed by atoms with E-state index in [0.29, 0.717) is 13.0 Å². The molecule has 1 amide bonds. The average molecular weight is 115 g/mol. The van der Waals surface area contributed by atoms with Crippen LogP contribution >= 0.6 is 0 Å². The Morgan fingerprint density at radius 1 is 1.75 bits per heavy atom. The van der Waals surface area contributed by atoms with E-state index in [9.17, 15) is 4.79 Å². The Bertz CT molecular complexity index is 72.8. The van der Waals surface area contributed by atoms with Crippen LogP contribution in [0.4, 0.5) is 0 Å². The van der Waals surface area contributed by atoms with E-state index in [2.05, 4.69) is 10.6 Å². The Kier molecular flexibility index (Phi) is 4.26. The molecule has 0 aromatic heterocycles. The van der Waals surface area contributed by atoms with E-state index >= 15 is 0 Å². The van der Waals surface area contributed by atoms with Gasteiger partial charge in [-0.1, -0.05) is 0 Å². The first-order valence-electron chi connectivity index (χ1n) is 2.57. The molecule has 3 nitrogen and oxygen atoms in total. The number of carbonyl (C=O) groups excluding carboxylic acids is 1. The molecule has 0 fully saturated rings. The molecule has 0 saturated heterocycles. The van der Waals surface area contributed by atoms with Crippen molar-refractivity contribution >= 4 is 5.91 Å². The lowest BCUT2D eigenvalue weighted by Gasteiger charge is -1.94. The van der Waals surface area contributed by atoms with Crippen LogP contribution in [0.1, 0.15) is 6.42 Å². The highest BCUT2D eigenvalue weighted by atomic mass is 16.1. The third-order valence-corrected chi connectivity index (χ3v) is 0.841. The van der Waals surface area contributed by atoms with Crippen LogP contribution in [0.3, 0.4) is 0 Å². The van der Waals surface area contributed by atoms with E-state index < -0.39 is 0 Å². The zero-order valence-corrected chi connectivity index (χ0v) is 5.27. The van der Waals surface area contributed by atoms with Gasteiger partial charge in [-0.2, -0.15) is 0 Å². The Labute approximate surface area is 49.5 Å². The number of carbonyl (C=O) groups is 1. The average Bonchev–Trinajstić information content (AvgIpc) is 1.83. The molecule has 1 radical (unpaired) electrons. The standard InChI is InChI=1S/C5H11N2O/c1-6-4-3-5(8)7-2/h3-4H2,1-2H3,(H,7,8). The third kappa shape index (κ3) is 3.61. The van der Waals surface area contributed by atoms with Crippen LogP contribution in [0.5, 0.6) is 0 Å². The van der Waals surface area contributed by atoms with Crippen molar-refractivity contribution in [3.63, 3.8) is 0 Å². The van der Waals surface area contributed by atoms with Crippen LogP contribution in [-0.2, 0) is 4.79 Å². The summed E-state index contributed by atoms with van der Waals surface area (Å²) in [6, 6.07) is 0. The number of hydrogen-bond donors (Lipinski definition) is 1. The maximum absolute atomic E-state index is 10.4. The second kappa shape index (κ2) is 4.59. The highest BCUT2D eigenvalue weighted by Crippen LogP contribution is 1.73. The van der Waals surface area contributed by atoms with Crippen LogP contribution in [0.25, 0.3) is 0 Å². The minimum atomic E-state index is 0.0515. The van der Waals surface area contributed by atoms with E-state index in [4.69, 9.17) is 0 Å². The van der Waals surface area contributed by atoms with Gasteiger partial charge in [0.05, 0.1) is 0 Å². The van der Waals surface area contributed by atoms with E-state index in [0.717, 1.165) is 0 Å². The zero-order chi connectivity index (χ0) is 6.41. The Morgan fingerprint density at radius 3 is 2.75 bits per heavy atom. The Balaban J connectivity index is 2.99. The van der Waals surface area contributed by atoms with Gasteiger partial charge >= 0.3 is 0 Å². The third-order valence-electron chi connectivity index (χ3n) is 0.841. The lowest BCUT2D eigenvalue weighted by Crippen LogP contribution is -2.20.